The Kier molecular flexibility index (Phi) is 9.02. The first-order chi connectivity index (χ1) is 6.72. The highest BCUT2D eigenvalue weighted by Gasteiger charge is 2.15. The number of nitrogens with one attached hydrogen (secondary N) is 1. The van der Waals surface area contributed by atoms with Crippen molar-refractivity contribution in [2.45, 2.75) is 47.5 Å². The third-order valence-electron chi connectivity index (χ3n) is 1.13. The molecule has 0 fully saturated rings. The summed E-state index contributed by atoms with van der Waals surface area (Å²) in [5.74, 6) is -1.23. The first-order valence-corrected chi connectivity index (χ1v) is 5.21. The van der Waals surface area contributed by atoms with Gasteiger partial charge in [-0.05, 0) is 5.41 Å². The SMILES string of the molecule is CC(C)(C)CC(=O)NCC(=O)O.CCC. The van der Waals surface area contributed by atoms with Crippen LogP contribution < -0.4 is 5.32 Å². The number of carbonyl (C=O) groups excluding carboxylic acids is 1. The summed E-state index contributed by atoms with van der Waals surface area (Å²) in [5, 5.41) is 10.5. The van der Waals surface area contributed by atoms with E-state index in [9.17, 15) is 9.59 Å². The summed E-state index contributed by atoms with van der Waals surface area (Å²) >= 11 is 0. The summed E-state index contributed by atoms with van der Waals surface area (Å²) in [6, 6.07) is 0. The van der Waals surface area contributed by atoms with E-state index in [0.29, 0.717) is 6.42 Å². The van der Waals surface area contributed by atoms with Gasteiger partial charge in [0.15, 0.2) is 0 Å². The highest BCUT2D eigenvalue weighted by atomic mass is 16.4. The minimum absolute atomic E-state index is 0.0947. The van der Waals surface area contributed by atoms with Crippen molar-refractivity contribution in [2.24, 2.45) is 5.41 Å². The largest absolute Gasteiger partial charge is 0.480 e. The van der Waals surface area contributed by atoms with E-state index < -0.39 is 5.97 Å². The molecule has 4 nitrogen and oxygen atoms in total. The molecule has 0 atom stereocenters. The molecule has 2 N–H and O–H groups in total. The van der Waals surface area contributed by atoms with Crippen molar-refractivity contribution in [3.63, 3.8) is 0 Å². The van der Waals surface area contributed by atoms with Gasteiger partial charge in [-0.15, -0.1) is 0 Å². The van der Waals surface area contributed by atoms with Crippen molar-refractivity contribution in [3.8, 4) is 0 Å². The number of aliphatic carboxylic acids is 1. The maximum atomic E-state index is 11.0. The van der Waals surface area contributed by atoms with Crippen LogP contribution in [-0.4, -0.2) is 23.5 Å². The molecule has 0 spiro atoms. The molecule has 0 aliphatic heterocycles. The number of carboxylic acids is 1. The van der Waals surface area contributed by atoms with E-state index in [1.54, 1.807) is 0 Å². The maximum absolute atomic E-state index is 11.0. The smallest absolute Gasteiger partial charge is 0.322 e. The van der Waals surface area contributed by atoms with Gasteiger partial charge in [-0.2, -0.15) is 0 Å². The second kappa shape index (κ2) is 8.26. The van der Waals surface area contributed by atoms with Crippen molar-refractivity contribution < 1.29 is 14.7 Å². The van der Waals surface area contributed by atoms with Crippen LogP contribution in [0.3, 0.4) is 0 Å². The number of rotatable bonds is 3. The van der Waals surface area contributed by atoms with E-state index in [1.165, 1.54) is 6.42 Å². The zero-order valence-electron chi connectivity index (χ0n) is 10.4. The maximum Gasteiger partial charge on any atom is 0.322 e. The molecule has 0 aromatic carbocycles. The van der Waals surface area contributed by atoms with Crippen molar-refractivity contribution in [1.82, 2.24) is 5.32 Å². The summed E-state index contributed by atoms with van der Waals surface area (Å²) in [6.45, 7) is 9.73. The van der Waals surface area contributed by atoms with E-state index in [-0.39, 0.29) is 17.9 Å². The first kappa shape index (κ1) is 16.4. The molecule has 0 aromatic rings. The molecule has 0 saturated carbocycles. The number of hydrogen-bond donors (Lipinski definition) is 2. The van der Waals surface area contributed by atoms with Crippen LogP contribution in [0.15, 0.2) is 0 Å². The second-order valence-electron chi connectivity index (χ2n) is 4.62. The fraction of sp³-hybridized carbons (Fsp3) is 0.818. The van der Waals surface area contributed by atoms with E-state index >= 15 is 0 Å². The summed E-state index contributed by atoms with van der Waals surface area (Å²) in [6.07, 6.45) is 1.60. The van der Waals surface area contributed by atoms with Crippen LogP contribution in [-0.2, 0) is 9.59 Å². The molecule has 1 amide bonds. The van der Waals surface area contributed by atoms with Gasteiger partial charge in [0, 0.05) is 6.42 Å². The molecule has 90 valence electrons. The number of amides is 1. The Morgan fingerprint density at radius 3 is 1.87 bits per heavy atom. The molecule has 0 aliphatic rings. The summed E-state index contributed by atoms with van der Waals surface area (Å²) < 4.78 is 0. The molecule has 0 saturated heterocycles. The van der Waals surface area contributed by atoms with Crippen LogP contribution >= 0.6 is 0 Å². The molecule has 0 aliphatic carbocycles. The normalized spacial score (nSPS) is 9.93. The van der Waals surface area contributed by atoms with Crippen LogP contribution in [0.5, 0.6) is 0 Å². The van der Waals surface area contributed by atoms with Crippen molar-refractivity contribution >= 4 is 11.9 Å². The molecule has 0 unspecified atom stereocenters. The first-order valence-electron chi connectivity index (χ1n) is 5.21. The number of carboxylic acid groups (broad SMARTS) is 1. The molecule has 0 aromatic heterocycles. The van der Waals surface area contributed by atoms with E-state index in [0.717, 1.165) is 0 Å². The van der Waals surface area contributed by atoms with Gasteiger partial charge >= 0.3 is 5.97 Å². The van der Waals surface area contributed by atoms with E-state index in [4.69, 9.17) is 5.11 Å². The third kappa shape index (κ3) is 19.4. The summed E-state index contributed by atoms with van der Waals surface area (Å²) in [4.78, 5) is 21.0. The molecular formula is C11H23NO3. The predicted molar refractivity (Wildman–Crippen MR) is 60.7 cm³/mol. The quantitative estimate of drug-likeness (QED) is 0.760. The summed E-state index contributed by atoms with van der Waals surface area (Å²) in [5.41, 5.74) is -0.0947. The van der Waals surface area contributed by atoms with Gasteiger partial charge in [-0.3, -0.25) is 9.59 Å². The standard InChI is InChI=1S/C8H15NO3.C3H8/c1-8(2,3)4-6(10)9-5-7(11)12;1-3-2/h4-5H2,1-3H3,(H,9,10)(H,11,12);3H2,1-2H3. The lowest BCUT2D eigenvalue weighted by Gasteiger charge is -2.16. The Bertz CT molecular complexity index is 194. The van der Waals surface area contributed by atoms with Gasteiger partial charge in [0.05, 0.1) is 0 Å². The van der Waals surface area contributed by atoms with Crippen LogP contribution in [0, 0.1) is 5.41 Å². The number of hydrogen-bond acceptors (Lipinski definition) is 2. The average molecular weight is 217 g/mol. The van der Waals surface area contributed by atoms with E-state index in [1.807, 2.05) is 20.8 Å². The van der Waals surface area contributed by atoms with Gasteiger partial charge < -0.3 is 10.4 Å². The molecule has 4 heteroatoms. The minimum Gasteiger partial charge on any atom is -0.480 e. The molecular weight excluding hydrogens is 194 g/mol. The van der Waals surface area contributed by atoms with Crippen LogP contribution in [0.25, 0.3) is 0 Å². The third-order valence-corrected chi connectivity index (χ3v) is 1.13. The fourth-order valence-electron chi connectivity index (χ4n) is 0.718. The van der Waals surface area contributed by atoms with Crippen molar-refractivity contribution in [1.29, 1.82) is 0 Å². The zero-order chi connectivity index (χ0) is 12.5. The lowest BCUT2D eigenvalue weighted by molar-refractivity contribution is -0.138. The second-order valence-corrected chi connectivity index (χ2v) is 4.62. The fourth-order valence-corrected chi connectivity index (χ4v) is 0.718. The Morgan fingerprint density at radius 1 is 1.20 bits per heavy atom. The van der Waals surface area contributed by atoms with Crippen LogP contribution in [0.1, 0.15) is 47.5 Å². The van der Waals surface area contributed by atoms with E-state index in [2.05, 4.69) is 19.2 Å². The van der Waals surface area contributed by atoms with Gasteiger partial charge in [0.2, 0.25) is 5.91 Å². The highest BCUT2D eigenvalue weighted by Crippen LogP contribution is 2.17. The van der Waals surface area contributed by atoms with Gasteiger partial charge in [0.1, 0.15) is 6.54 Å². The Morgan fingerprint density at radius 2 is 1.60 bits per heavy atom. The van der Waals surface area contributed by atoms with Crippen molar-refractivity contribution in [3.05, 3.63) is 0 Å². The molecule has 0 heterocycles. The average Bonchev–Trinajstić information content (AvgIpc) is 1.99. The topological polar surface area (TPSA) is 66.4 Å². The Hall–Kier alpha value is -1.06. The molecule has 0 bridgehead atoms. The summed E-state index contributed by atoms with van der Waals surface area (Å²) in [7, 11) is 0. The number of carbonyl (C=O) groups is 2. The lowest BCUT2D eigenvalue weighted by Crippen LogP contribution is -2.31. The predicted octanol–water partition coefficient (Wildman–Crippen LogP) is 2.04. The molecule has 0 rings (SSSR count). The minimum atomic E-state index is -1.02. The van der Waals surface area contributed by atoms with Gasteiger partial charge in [-0.25, -0.2) is 0 Å². The highest BCUT2D eigenvalue weighted by molar-refractivity contribution is 5.81. The zero-order valence-corrected chi connectivity index (χ0v) is 10.4. The van der Waals surface area contributed by atoms with Crippen molar-refractivity contribution in [2.75, 3.05) is 6.54 Å². The lowest BCUT2D eigenvalue weighted by atomic mass is 9.92. The van der Waals surface area contributed by atoms with Gasteiger partial charge in [0.25, 0.3) is 0 Å². The Balaban J connectivity index is 0. The molecule has 15 heavy (non-hydrogen) atoms. The van der Waals surface area contributed by atoms with Gasteiger partial charge in [-0.1, -0.05) is 41.0 Å². The molecule has 0 radical (unpaired) electrons. The Labute approximate surface area is 92.1 Å². The monoisotopic (exact) mass is 217 g/mol. The van der Waals surface area contributed by atoms with Crippen LogP contribution in [0.2, 0.25) is 0 Å². The van der Waals surface area contributed by atoms with Crippen LogP contribution in [0.4, 0.5) is 0 Å².